The summed E-state index contributed by atoms with van der Waals surface area (Å²) < 4.78 is 46.8. The molecule has 3 rings (SSSR count). The molecule has 12 heteroatoms. The molecule has 0 aliphatic rings. The van der Waals surface area contributed by atoms with E-state index in [2.05, 4.69) is 10.0 Å². The molecule has 11 nitrogen and oxygen atoms in total. The van der Waals surface area contributed by atoms with E-state index >= 15 is 0 Å². The van der Waals surface area contributed by atoms with Gasteiger partial charge in [-0.15, -0.1) is 0 Å². The number of nitrogens with one attached hydrogen (secondary N) is 2. The van der Waals surface area contributed by atoms with Gasteiger partial charge in [0.05, 0.1) is 24.3 Å². The number of ether oxygens (including phenoxy) is 3. The lowest BCUT2D eigenvalue weighted by molar-refractivity contribution is -0.139. The molecule has 0 heterocycles. The van der Waals surface area contributed by atoms with Gasteiger partial charge in [-0.3, -0.25) is 9.52 Å². The van der Waals surface area contributed by atoms with E-state index in [1.807, 2.05) is 34.6 Å². The van der Waals surface area contributed by atoms with E-state index in [-0.39, 0.29) is 64.4 Å². The number of carboxylic acid groups (broad SMARTS) is 1. The molecule has 238 valence electrons. The molecule has 0 spiro atoms. The highest BCUT2D eigenvalue weighted by atomic mass is 32.2. The molecule has 1 atom stereocenters. The van der Waals surface area contributed by atoms with Crippen molar-refractivity contribution in [2.75, 3.05) is 25.0 Å². The van der Waals surface area contributed by atoms with Crippen molar-refractivity contribution in [2.45, 2.75) is 57.4 Å². The number of aliphatic hydroxyl groups is 1. The molecule has 0 fully saturated rings. The molecule has 3 aromatic carbocycles. The number of carboxylic acids is 1. The lowest BCUT2D eigenvalue weighted by Gasteiger charge is -2.21. The Bertz CT molecular complexity index is 1560. The molecule has 0 radical (unpaired) electrons. The van der Waals surface area contributed by atoms with Gasteiger partial charge in [0, 0.05) is 11.6 Å². The summed E-state index contributed by atoms with van der Waals surface area (Å²) in [6.45, 7) is 9.10. The van der Waals surface area contributed by atoms with Crippen LogP contribution in [0.4, 0.5) is 5.69 Å². The molecule has 1 amide bonds. The van der Waals surface area contributed by atoms with Crippen molar-refractivity contribution in [2.24, 2.45) is 5.92 Å². The molecule has 44 heavy (non-hydrogen) atoms. The molecule has 0 aliphatic carbocycles. The molecule has 0 aliphatic heterocycles. The third-order valence-corrected chi connectivity index (χ3v) is 7.89. The van der Waals surface area contributed by atoms with Gasteiger partial charge in [-0.05, 0) is 59.7 Å². The van der Waals surface area contributed by atoms with E-state index in [1.54, 1.807) is 36.4 Å². The molecule has 4 N–H and O–H groups in total. The number of aliphatic carboxylic acids is 1. The number of carbonyl (C=O) groups excluding carboxylic acids is 1. The number of anilines is 1. The maximum atomic E-state index is 13.6. The summed E-state index contributed by atoms with van der Waals surface area (Å²) >= 11 is 0. The SMILES string of the molecule is COc1cccc(Oc2c(NS(=O)(=O)c3ccc(C(C)(C)C)cc3)cc(C(=O)NC(CC(C)C)C(=O)O)cc2OCCO)c1. The van der Waals surface area contributed by atoms with Gasteiger partial charge >= 0.3 is 5.97 Å². The first-order chi connectivity index (χ1) is 20.6. The monoisotopic (exact) mass is 628 g/mol. The molecule has 0 aromatic heterocycles. The Morgan fingerprint density at radius 2 is 1.64 bits per heavy atom. The second-order valence-corrected chi connectivity index (χ2v) is 13.3. The number of aliphatic hydroxyl groups excluding tert-OH is 1. The van der Waals surface area contributed by atoms with Crippen LogP contribution < -0.4 is 24.2 Å². The molecule has 3 aromatic rings. The topological polar surface area (TPSA) is 160 Å². The average molecular weight is 629 g/mol. The van der Waals surface area contributed by atoms with Gasteiger partial charge in [-0.2, -0.15) is 0 Å². The number of sulfonamides is 1. The number of hydrogen-bond acceptors (Lipinski definition) is 8. The van der Waals surface area contributed by atoms with Crippen LogP contribution in [-0.2, 0) is 20.2 Å². The average Bonchev–Trinajstić information content (AvgIpc) is 2.96. The fourth-order valence-electron chi connectivity index (χ4n) is 4.23. The Morgan fingerprint density at radius 1 is 0.977 bits per heavy atom. The minimum Gasteiger partial charge on any atom is -0.497 e. The highest BCUT2D eigenvalue weighted by molar-refractivity contribution is 7.92. The Kier molecular flexibility index (Phi) is 11.2. The van der Waals surface area contributed by atoms with Crippen LogP contribution in [0.5, 0.6) is 23.0 Å². The molecule has 0 saturated carbocycles. The smallest absolute Gasteiger partial charge is 0.326 e. The first-order valence-electron chi connectivity index (χ1n) is 14.0. The molecule has 0 bridgehead atoms. The Labute approximate surface area is 258 Å². The zero-order chi connectivity index (χ0) is 32.7. The zero-order valence-corrected chi connectivity index (χ0v) is 26.5. The van der Waals surface area contributed by atoms with Gasteiger partial charge in [-0.25, -0.2) is 13.2 Å². The van der Waals surface area contributed by atoms with Crippen molar-refractivity contribution in [3.8, 4) is 23.0 Å². The van der Waals surface area contributed by atoms with Crippen molar-refractivity contribution in [1.29, 1.82) is 0 Å². The summed E-state index contributed by atoms with van der Waals surface area (Å²) in [7, 11) is -2.74. The molecular weight excluding hydrogens is 588 g/mol. The van der Waals surface area contributed by atoms with E-state index in [9.17, 15) is 28.2 Å². The quantitative estimate of drug-likeness (QED) is 0.188. The van der Waals surface area contributed by atoms with Gasteiger partial charge in [0.15, 0.2) is 11.5 Å². The van der Waals surface area contributed by atoms with Crippen LogP contribution in [0.2, 0.25) is 0 Å². The minimum absolute atomic E-state index is 0.0227. The van der Waals surface area contributed by atoms with Crippen molar-refractivity contribution in [3.63, 3.8) is 0 Å². The number of rotatable bonds is 14. The summed E-state index contributed by atoms with van der Waals surface area (Å²) in [4.78, 5) is 25.1. The van der Waals surface area contributed by atoms with Crippen LogP contribution in [0.1, 0.15) is 57.0 Å². The van der Waals surface area contributed by atoms with Gasteiger partial charge in [0.1, 0.15) is 24.1 Å². The van der Waals surface area contributed by atoms with Gasteiger partial charge in [0.25, 0.3) is 15.9 Å². The normalized spacial score (nSPS) is 12.4. The van der Waals surface area contributed by atoms with Crippen LogP contribution in [0, 0.1) is 5.92 Å². The summed E-state index contributed by atoms with van der Waals surface area (Å²) in [5.74, 6) is -1.40. The van der Waals surface area contributed by atoms with Crippen LogP contribution in [0.15, 0.2) is 65.6 Å². The summed E-state index contributed by atoms with van der Waals surface area (Å²) in [6.07, 6.45) is 0.177. The van der Waals surface area contributed by atoms with Crippen molar-refractivity contribution < 1.29 is 42.4 Å². The number of carbonyl (C=O) groups is 2. The molecule has 0 saturated heterocycles. The van der Waals surface area contributed by atoms with E-state index in [4.69, 9.17) is 14.2 Å². The third kappa shape index (κ3) is 9.10. The van der Waals surface area contributed by atoms with Crippen molar-refractivity contribution in [3.05, 3.63) is 71.8 Å². The van der Waals surface area contributed by atoms with E-state index in [0.29, 0.717) is 5.75 Å². The highest BCUT2D eigenvalue weighted by Gasteiger charge is 2.26. The number of methoxy groups -OCH3 is 1. The highest BCUT2D eigenvalue weighted by Crippen LogP contribution is 2.42. The number of amides is 1. The number of hydrogen-bond donors (Lipinski definition) is 4. The van der Waals surface area contributed by atoms with Crippen LogP contribution in [-0.4, -0.2) is 56.9 Å². The van der Waals surface area contributed by atoms with E-state index < -0.39 is 27.9 Å². The number of benzene rings is 3. The molecule has 1 unspecified atom stereocenters. The van der Waals surface area contributed by atoms with E-state index in [1.165, 1.54) is 31.4 Å². The lowest BCUT2D eigenvalue weighted by atomic mass is 9.87. The molecular formula is C32H40N2O9S. The van der Waals surface area contributed by atoms with Gasteiger partial charge < -0.3 is 29.7 Å². The summed E-state index contributed by atoms with van der Waals surface area (Å²) in [5.41, 5.74) is 0.499. The summed E-state index contributed by atoms with van der Waals surface area (Å²) in [5, 5.41) is 21.6. The fourth-order valence-corrected chi connectivity index (χ4v) is 5.29. The standard InChI is InChI=1S/C32H40N2O9S/c1-20(2)16-27(31(37)38)33-30(36)21-17-26(34-44(39,40)25-12-10-22(11-13-25)32(3,4)5)29(28(18-21)42-15-14-35)43-24-9-7-8-23(19-24)41-6/h7-13,17-20,27,34-35H,14-16H2,1-6H3,(H,33,36)(H,37,38). The summed E-state index contributed by atoms with van der Waals surface area (Å²) in [6, 6.07) is 14.3. The zero-order valence-electron chi connectivity index (χ0n) is 25.7. The minimum atomic E-state index is -4.22. The first kappa shape index (κ1) is 34.2. The Morgan fingerprint density at radius 3 is 2.20 bits per heavy atom. The van der Waals surface area contributed by atoms with Crippen LogP contribution in [0.25, 0.3) is 0 Å². The maximum Gasteiger partial charge on any atom is 0.326 e. The van der Waals surface area contributed by atoms with Gasteiger partial charge in [0.2, 0.25) is 0 Å². The van der Waals surface area contributed by atoms with Crippen molar-refractivity contribution in [1.82, 2.24) is 5.32 Å². The largest absolute Gasteiger partial charge is 0.497 e. The Balaban J connectivity index is 2.15. The van der Waals surface area contributed by atoms with Crippen molar-refractivity contribution >= 4 is 27.6 Å². The second kappa shape index (κ2) is 14.5. The second-order valence-electron chi connectivity index (χ2n) is 11.6. The van der Waals surface area contributed by atoms with Crippen LogP contribution in [0.3, 0.4) is 0 Å². The predicted octanol–water partition coefficient (Wildman–Crippen LogP) is 5.19. The predicted molar refractivity (Wildman–Crippen MR) is 166 cm³/mol. The van der Waals surface area contributed by atoms with Crippen LogP contribution >= 0.6 is 0 Å². The van der Waals surface area contributed by atoms with Gasteiger partial charge in [-0.1, -0.05) is 52.8 Å². The fraction of sp³-hybridized carbons (Fsp3) is 0.375. The maximum absolute atomic E-state index is 13.6. The first-order valence-corrected chi connectivity index (χ1v) is 15.5. The lowest BCUT2D eigenvalue weighted by Crippen LogP contribution is -2.41. The Hall–Kier alpha value is -4.29. The van der Waals surface area contributed by atoms with E-state index in [0.717, 1.165) is 5.56 Å². The third-order valence-electron chi connectivity index (χ3n) is 6.51.